The molecule has 2 rings (SSSR count). The van der Waals surface area contributed by atoms with Crippen LogP contribution in [0, 0.1) is 0 Å². The highest BCUT2D eigenvalue weighted by Gasteiger charge is 2.37. The molecule has 1 saturated heterocycles. The van der Waals surface area contributed by atoms with Crippen LogP contribution in [0.4, 0.5) is 13.2 Å². The van der Waals surface area contributed by atoms with Crippen molar-refractivity contribution in [1.82, 2.24) is 4.31 Å². The lowest BCUT2D eigenvalue weighted by molar-refractivity contribution is -0.138. The number of hydrogen-bond acceptors (Lipinski definition) is 3. The predicted octanol–water partition coefficient (Wildman–Crippen LogP) is 2.38. The molecule has 0 aliphatic carbocycles. The summed E-state index contributed by atoms with van der Waals surface area (Å²) in [6.07, 6.45) is -3.23. The molecule has 1 aliphatic rings. The molecule has 22 heavy (non-hydrogen) atoms. The molecule has 1 aliphatic heterocycles. The number of halogens is 4. The average molecular weight is 359 g/mol. The third-order valence-electron chi connectivity index (χ3n) is 3.61. The largest absolute Gasteiger partial charge is 0.416 e. The molecule has 2 N–H and O–H groups in total. The molecule has 1 fully saturated rings. The molecule has 9 heteroatoms. The fraction of sp³-hybridized carbons (Fsp3) is 0.538. The molecule has 1 heterocycles. The summed E-state index contributed by atoms with van der Waals surface area (Å²) < 4.78 is 64.7. The molecular formula is C13H18ClF3N2O2S. The van der Waals surface area contributed by atoms with Gasteiger partial charge in [0.05, 0.1) is 11.3 Å². The maximum absolute atomic E-state index is 12.9. The summed E-state index contributed by atoms with van der Waals surface area (Å²) >= 11 is 0. The smallest absolute Gasteiger partial charge is 0.329 e. The third-order valence-corrected chi connectivity index (χ3v) is 5.48. The quantitative estimate of drug-likeness (QED) is 0.898. The molecular weight excluding hydrogens is 341 g/mol. The van der Waals surface area contributed by atoms with Gasteiger partial charge in [-0.3, -0.25) is 0 Å². The number of rotatable bonds is 4. The number of sulfonamides is 1. The lowest BCUT2D eigenvalue weighted by atomic mass is 10.1. The normalized spacial score (nSPS) is 19.9. The Balaban J connectivity index is 0.00000242. The van der Waals surface area contributed by atoms with Crippen molar-refractivity contribution in [3.8, 4) is 0 Å². The summed E-state index contributed by atoms with van der Waals surface area (Å²) in [6.45, 7) is 0.499. The predicted molar refractivity (Wildman–Crippen MR) is 80.1 cm³/mol. The Kier molecular flexibility index (Phi) is 6.26. The van der Waals surface area contributed by atoms with Crippen molar-refractivity contribution in [3.05, 3.63) is 35.4 Å². The average Bonchev–Trinajstić information content (AvgIpc) is 2.86. The summed E-state index contributed by atoms with van der Waals surface area (Å²) in [5.41, 5.74) is 4.39. The molecule has 0 spiro atoms. The molecule has 1 aromatic carbocycles. The first-order valence-corrected chi connectivity index (χ1v) is 8.21. The van der Waals surface area contributed by atoms with Crippen LogP contribution in [-0.4, -0.2) is 31.9 Å². The first-order chi connectivity index (χ1) is 9.75. The minimum atomic E-state index is -4.57. The van der Waals surface area contributed by atoms with Gasteiger partial charge in [-0.05, 0) is 24.5 Å². The minimum absolute atomic E-state index is 0. The number of benzene rings is 1. The molecule has 0 radical (unpaired) electrons. The van der Waals surface area contributed by atoms with Crippen LogP contribution < -0.4 is 5.73 Å². The fourth-order valence-corrected chi connectivity index (χ4v) is 4.48. The van der Waals surface area contributed by atoms with Gasteiger partial charge in [0.15, 0.2) is 0 Å². The minimum Gasteiger partial charge on any atom is -0.329 e. The van der Waals surface area contributed by atoms with Crippen molar-refractivity contribution in [2.75, 3.05) is 13.1 Å². The zero-order valence-corrected chi connectivity index (χ0v) is 13.3. The second-order valence-corrected chi connectivity index (χ2v) is 6.98. The Morgan fingerprint density at radius 1 is 1.27 bits per heavy atom. The van der Waals surface area contributed by atoms with Gasteiger partial charge < -0.3 is 5.73 Å². The number of alkyl halides is 3. The summed E-state index contributed by atoms with van der Waals surface area (Å²) in [7, 11) is -3.80. The van der Waals surface area contributed by atoms with E-state index in [-0.39, 0.29) is 30.6 Å². The van der Waals surface area contributed by atoms with Gasteiger partial charge in [0, 0.05) is 19.1 Å². The summed E-state index contributed by atoms with van der Waals surface area (Å²) in [4.78, 5) is 0. The van der Waals surface area contributed by atoms with Crippen LogP contribution >= 0.6 is 12.4 Å². The SMILES string of the molecule is Cl.NCC1CCCN1S(=O)(=O)Cc1ccccc1C(F)(F)F. The first kappa shape index (κ1) is 19.2. The van der Waals surface area contributed by atoms with E-state index < -0.39 is 27.5 Å². The van der Waals surface area contributed by atoms with Crippen LogP contribution in [0.2, 0.25) is 0 Å². The Hall–Kier alpha value is -0.830. The number of nitrogens with zero attached hydrogens (tertiary/aromatic N) is 1. The van der Waals surface area contributed by atoms with Crippen molar-refractivity contribution < 1.29 is 21.6 Å². The van der Waals surface area contributed by atoms with Crippen LogP contribution in [0.5, 0.6) is 0 Å². The van der Waals surface area contributed by atoms with Crippen LogP contribution in [0.15, 0.2) is 24.3 Å². The standard InChI is InChI=1S/C13H17F3N2O2S.ClH/c14-13(15,16)12-6-2-1-4-10(12)9-21(19,20)18-7-3-5-11(18)8-17;/h1-2,4,6,11H,3,5,7-9,17H2;1H. The maximum Gasteiger partial charge on any atom is 0.416 e. The third kappa shape index (κ3) is 4.13. The van der Waals surface area contributed by atoms with Gasteiger partial charge >= 0.3 is 6.18 Å². The van der Waals surface area contributed by atoms with Crippen LogP contribution in [0.25, 0.3) is 0 Å². The Labute approximate surface area is 133 Å². The second kappa shape index (κ2) is 7.16. The van der Waals surface area contributed by atoms with Crippen LogP contribution in [0.3, 0.4) is 0 Å². The topological polar surface area (TPSA) is 63.4 Å². The lowest BCUT2D eigenvalue weighted by Gasteiger charge is -2.23. The van der Waals surface area contributed by atoms with E-state index in [2.05, 4.69) is 0 Å². The first-order valence-electron chi connectivity index (χ1n) is 6.60. The summed E-state index contributed by atoms with van der Waals surface area (Å²) in [6, 6.07) is 4.44. The highest BCUT2D eigenvalue weighted by molar-refractivity contribution is 7.88. The van der Waals surface area contributed by atoms with E-state index >= 15 is 0 Å². The molecule has 0 amide bonds. The Morgan fingerprint density at radius 3 is 2.50 bits per heavy atom. The zero-order chi connectivity index (χ0) is 15.7. The van der Waals surface area contributed by atoms with E-state index in [1.54, 1.807) is 0 Å². The monoisotopic (exact) mass is 358 g/mol. The van der Waals surface area contributed by atoms with E-state index in [4.69, 9.17) is 5.73 Å². The highest BCUT2D eigenvalue weighted by Crippen LogP contribution is 2.33. The Morgan fingerprint density at radius 2 is 1.91 bits per heavy atom. The van der Waals surface area contributed by atoms with Gasteiger partial charge in [0.2, 0.25) is 10.0 Å². The van der Waals surface area contributed by atoms with Gasteiger partial charge in [0.25, 0.3) is 0 Å². The molecule has 1 atom stereocenters. The van der Waals surface area contributed by atoms with E-state index in [0.29, 0.717) is 19.4 Å². The van der Waals surface area contributed by atoms with Crippen LogP contribution in [0.1, 0.15) is 24.0 Å². The van der Waals surface area contributed by atoms with Crippen molar-refractivity contribution in [3.63, 3.8) is 0 Å². The summed E-state index contributed by atoms with van der Waals surface area (Å²) in [5, 5.41) is 0. The van der Waals surface area contributed by atoms with Gasteiger partial charge in [-0.25, -0.2) is 8.42 Å². The summed E-state index contributed by atoms with van der Waals surface area (Å²) in [5.74, 6) is -0.654. The van der Waals surface area contributed by atoms with Gasteiger partial charge in [0.1, 0.15) is 0 Å². The van der Waals surface area contributed by atoms with Gasteiger partial charge in [-0.2, -0.15) is 17.5 Å². The molecule has 0 aromatic heterocycles. The van der Waals surface area contributed by atoms with Crippen molar-refractivity contribution in [1.29, 1.82) is 0 Å². The maximum atomic E-state index is 12.9. The molecule has 0 saturated carbocycles. The molecule has 0 bridgehead atoms. The van der Waals surface area contributed by atoms with Crippen molar-refractivity contribution in [2.24, 2.45) is 5.73 Å². The molecule has 4 nitrogen and oxygen atoms in total. The van der Waals surface area contributed by atoms with Gasteiger partial charge in [-0.15, -0.1) is 12.4 Å². The fourth-order valence-electron chi connectivity index (χ4n) is 2.61. The van der Waals surface area contributed by atoms with E-state index in [1.165, 1.54) is 22.5 Å². The molecule has 126 valence electrons. The lowest BCUT2D eigenvalue weighted by Crippen LogP contribution is -2.40. The Bertz CT molecular complexity index is 608. The van der Waals surface area contributed by atoms with Crippen LogP contribution in [-0.2, 0) is 22.0 Å². The van der Waals surface area contributed by atoms with E-state index in [9.17, 15) is 21.6 Å². The molecule has 1 aromatic rings. The van der Waals surface area contributed by atoms with E-state index in [0.717, 1.165) is 6.07 Å². The van der Waals surface area contributed by atoms with Gasteiger partial charge in [-0.1, -0.05) is 18.2 Å². The second-order valence-electron chi connectivity index (χ2n) is 5.05. The number of nitrogens with two attached hydrogens (primary N) is 1. The van der Waals surface area contributed by atoms with E-state index in [1.807, 2.05) is 0 Å². The molecule has 1 unspecified atom stereocenters. The highest BCUT2D eigenvalue weighted by atomic mass is 35.5. The van der Waals surface area contributed by atoms with Crippen molar-refractivity contribution >= 4 is 22.4 Å². The number of hydrogen-bond donors (Lipinski definition) is 1. The zero-order valence-electron chi connectivity index (χ0n) is 11.7. The van der Waals surface area contributed by atoms with Crippen molar-refractivity contribution in [2.45, 2.75) is 30.8 Å².